The highest BCUT2D eigenvalue weighted by Gasteiger charge is 2.31. The van der Waals surface area contributed by atoms with Crippen LogP contribution in [0.2, 0.25) is 0 Å². The lowest BCUT2D eigenvalue weighted by atomic mass is 10.0. The Morgan fingerprint density at radius 3 is 1.00 bits per heavy atom. The van der Waals surface area contributed by atoms with Crippen LogP contribution < -0.4 is 0 Å². The second kappa shape index (κ2) is 45.9. The monoisotopic (exact) mass is 881 g/mol. The summed E-state index contributed by atoms with van der Waals surface area (Å²) in [6.45, 7) is 4.80. The van der Waals surface area contributed by atoms with Crippen molar-refractivity contribution in [2.24, 2.45) is 0 Å². The normalized spacial score (nSPS) is 12.7. The van der Waals surface area contributed by atoms with Gasteiger partial charge in [-0.3, -0.25) is 9.59 Å². The van der Waals surface area contributed by atoms with Crippen molar-refractivity contribution in [3.05, 3.63) is 0 Å². The number of carboxylic acids is 1. The van der Waals surface area contributed by atoms with E-state index in [4.69, 9.17) is 14.2 Å². The molecule has 0 spiro atoms. The topological polar surface area (TPSA) is 99.1 Å². The van der Waals surface area contributed by atoms with Crippen LogP contribution in [0.3, 0.4) is 0 Å². The number of quaternary nitrogens is 1. The Bertz CT molecular complexity index is 982. The number of carboxylic acid groups (broad SMARTS) is 1. The van der Waals surface area contributed by atoms with Gasteiger partial charge in [0, 0.05) is 19.3 Å². The molecule has 0 aliphatic rings. The second-order valence-corrected chi connectivity index (χ2v) is 19.9. The van der Waals surface area contributed by atoms with Gasteiger partial charge in [-0.1, -0.05) is 245 Å². The van der Waals surface area contributed by atoms with Gasteiger partial charge in [0.2, 0.25) is 0 Å². The predicted octanol–water partition coefficient (Wildman–Crippen LogP) is 15.7. The van der Waals surface area contributed by atoms with Crippen molar-refractivity contribution in [3.8, 4) is 0 Å². The van der Waals surface area contributed by atoms with Crippen LogP contribution in [0.1, 0.15) is 277 Å². The molecule has 0 rings (SSSR count). The van der Waals surface area contributed by atoms with Gasteiger partial charge in [-0.2, -0.15) is 0 Å². The summed E-state index contributed by atoms with van der Waals surface area (Å²) in [5.74, 6) is -1.44. The number of carbonyl (C=O) groups is 3. The van der Waals surface area contributed by atoms with Gasteiger partial charge >= 0.3 is 17.9 Å². The SMILES string of the molecule is CCCCCCCCCCCCCCCCCCCCCCCCCC(=O)OC(COCCC(C(=O)O)[N+](C)(C)C)COC(=O)CCCCCCCCCCCCCCCCC. The Morgan fingerprint density at radius 1 is 0.419 bits per heavy atom. The van der Waals surface area contributed by atoms with Crippen molar-refractivity contribution in [2.75, 3.05) is 41.0 Å². The molecular formula is C54H106NO7+. The minimum atomic E-state index is -0.868. The molecule has 8 heteroatoms. The molecule has 368 valence electrons. The predicted molar refractivity (Wildman–Crippen MR) is 262 cm³/mol. The van der Waals surface area contributed by atoms with E-state index < -0.39 is 18.1 Å². The summed E-state index contributed by atoms with van der Waals surface area (Å²) in [7, 11) is 5.55. The third-order valence-electron chi connectivity index (χ3n) is 12.8. The molecule has 8 nitrogen and oxygen atoms in total. The fourth-order valence-corrected chi connectivity index (χ4v) is 8.57. The number of nitrogens with zero attached hydrogens (tertiary/aromatic N) is 1. The summed E-state index contributed by atoms with van der Waals surface area (Å²) >= 11 is 0. The zero-order chi connectivity index (χ0) is 45.6. The van der Waals surface area contributed by atoms with Gasteiger partial charge < -0.3 is 23.8 Å². The van der Waals surface area contributed by atoms with Crippen LogP contribution in [0.15, 0.2) is 0 Å². The summed E-state index contributed by atoms with van der Waals surface area (Å²) in [5.41, 5.74) is 0. The van der Waals surface area contributed by atoms with E-state index in [2.05, 4.69) is 13.8 Å². The number of rotatable bonds is 50. The molecule has 0 aromatic carbocycles. The van der Waals surface area contributed by atoms with Crippen molar-refractivity contribution in [1.29, 1.82) is 0 Å². The Kier molecular flexibility index (Phi) is 44.6. The number of hydrogen-bond acceptors (Lipinski definition) is 6. The number of carbonyl (C=O) groups excluding carboxylic acids is 2. The van der Waals surface area contributed by atoms with Crippen molar-refractivity contribution in [2.45, 2.75) is 289 Å². The van der Waals surface area contributed by atoms with Crippen LogP contribution in [0.25, 0.3) is 0 Å². The summed E-state index contributed by atoms with van der Waals surface area (Å²) in [6.07, 6.45) is 50.1. The van der Waals surface area contributed by atoms with Crippen LogP contribution in [-0.4, -0.2) is 80.6 Å². The van der Waals surface area contributed by atoms with E-state index in [1.165, 1.54) is 205 Å². The third-order valence-corrected chi connectivity index (χ3v) is 12.8. The first kappa shape index (κ1) is 60.3. The highest BCUT2D eigenvalue weighted by molar-refractivity contribution is 5.72. The van der Waals surface area contributed by atoms with Gasteiger partial charge in [-0.25, -0.2) is 4.79 Å². The average Bonchev–Trinajstić information content (AvgIpc) is 3.23. The summed E-state index contributed by atoms with van der Waals surface area (Å²) < 4.78 is 17.4. The molecule has 0 aliphatic carbocycles. The highest BCUT2D eigenvalue weighted by atomic mass is 16.6. The number of hydrogen-bond donors (Lipinski definition) is 1. The quantitative estimate of drug-likeness (QED) is 0.0369. The highest BCUT2D eigenvalue weighted by Crippen LogP contribution is 2.18. The minimum absolute atomic E-state index is 0.0413. The number of likely N-dealkylation sites (N-methyl/N-ethyl adjacent to an activating group) is 1. The molecule has 0 aromatic rings. The molecule has 0 aromatic heterocycles. The van der Waals surface area contributed by atoms with Gasteiger partial charge in [0.25, 0.3) is 0 Å². The molecule has 0 fully saturated rings. The standard InChI is InChI=1S/C54H105NO7/c1-6-8-10-12-14-16-18-20-22-23-24-25-26-27-28-29-31-33-35-37-39-41-43-45-53(57)62-50(48-60-47-46-51(54(58)59)55(3,4)5)49-61-52(56)44-42-40-38-36-34-32-30-21-19-17-15-13-11-9-7-2/h50-51H,6-49H2,1-5H3/p+1. The van der Waals surface area contributed by atoms with E-state index in [1.54, 1.807) is 0 Å². The van der Waals surface area contributed by atoms with Gasteiger partial charge in [-0.15, -0.1) is 0 Å². The number of ether oxygens (including phenoxy) is 3. The summed E-state index contributed by atoms with van der Waals surface area (Å²) in [5, 5.41) is 9.66. The molecule has 2 unspecified atom stereocenters. The molecular weight excluding hydrogens is 775 g/mol. The molecule has 0 saturated carbocycles. The molecule has 2 atom stereocenters. The first-order valence-corrected chi connectivity index (χ1v) is 27.1. The largest absolute Gasteiger partial charge is 0.477 e. The van der Waals surface area contributed by atoms with Crippen molar-refractivity contribution >= 4 is 17.9 Å². The van der Waals surface area contributed by atoms with E-state index in [1.807, 2.05) is 21.1 Å². The molecule has 1 N–H and O–H groups in total. The van der Waals surface area contributed by atoms with E-state index in [0.717, 1.165) is 38.5 Å². The van der Waals surface area contributed by atoms with E-state index in [0.29, 0.717) is 19.3 Å². The Morgan fingerprint density at radius 2 is 0.710 bits per heavy atom. The van der Waals surface area contributed by atoms with Crippen LogP contribution in [0, 0.1) is 0 Å². The second-order valence-electron chi connectivity index (χ2n) is 19.9. The number of unbranched alkanes of at least 4 members (excludes halogenated alkanes) is 36. The number of aliphatic carboxylic acids is 1. The van der Waals surface area contributed by atoms with E-state index in [-0.39, 0.29) is 36.2 Å². The van der Waals surface area contributed by atoms with Crippen LogP contribution in [0.5, 0.6) is 0 Å². The van der Waals surface area contributed by atoms with E-state index >= 15 is 0 Å². The molecule has 0 bridgehead atoms. The third kappa shape index (κ3) is 43.6. The zero-order valence-corrected chi connectivity index (χ0v) is 42.1. The first-order valence-electron chi connectivity index (χ1n) is 27.1. The fraction of sp³-hybridized carbons (Fsp3) is 0.944. The molecule has 0 radical (unpaired) electrons. The lowest BCUT2D eigenvalue weighted by Gasteiger charge is -2.31. The Hall–Kier alpha value is -1.67. The summed E-state index contributed by atoms with van der Waals surface area (Å²) in [6, 6.07) is -0.609. The zero-order valence-electron chi connectivity index (χ0n) is 42.1. The summed E-state index contributed by atoms with van der Waals surface area (Å²) in [4.78, 5) is 37.2. The maximum Gasteiger partial charge on any atom is 0.362 e. The molecule has 0 amide bonds. The maximum absolute atomic E-state index is 12.8. The lowest BCUT2D eigenvalue weighted by Crippen LogP contribution is -2.50. The molecule has 62 heavy (non-hydrogen) atoms. The first-order chi connectivity index (χ1) is 30.1. The molecule has 0 aliphatic heterocycles. The maximum atomic E-state index is 12.8. The van der Waals surface area contributed by atoms with E-state index in [9.17, 15) is 19.5 Å². The van der Waals surface area contributed by atoms with Crippen molar-refractivity contribution in [1.82, 2.24) is 0 Å². The Balaban J connectivity index is 4.12. The van der Waals surface area contributed by atoms with Crippen molar-refractivity contribution in [3.63, 3.8) is 0 Å². The van der Waals surface area contributed by atoms with Crippen LogP contribution in [-0.2, 0) is 28.6 Å². The van der Waals surface area contributed by atoms with Crippen LogP contribution in [0.4, 0.5) is 0 Å². The van der Waals surface area contributed by atoms with Crippen molar-refractivity contribution < 1.29 is 38.2 Å². The average molecular weight is 881 g/mol. The van der Waals surface area contributed by atoms with Gasteiger partial charge in [-0.05, 0) is 12.8 Å². The van der Waals surface area contributed by atoms with Gasteiger partial charge in [0.05, 0.1) is 34.4 Å². The molecule has 0 saturated heterocycles. The van der Waals surface area contributed by atoms with Crippen LogP contribution >= 0.6 is 0 Å². The number of esters is 2. The molecule has 0 heterocycles. The van der Waals surface area contributed by atoms with Gasteiger partial charge in [0.15, 0.2) is 12.1 Å². The lowest BCUT2D eigenvalue weighted by molar-refractivity contribution is -0.887. The van der Waals surface area contributed by atoms with Gasteiger partial charge in [0.1, 0.15) is 6.61 Å². The fourth-order valence-electron chi connectivity index (χ4n) is 8.57. The Labute approximate surface area is 385 Å². The smallest absolute Gasteiger partial charge is 0.362 e. The minimum Gasteiger partial charge on any atom is -0.477 e.